The van der Waals surface area contributed by atoms with E-state index < -0.39 is 17.8 Å². The van der Waals surface area contributed by atoms with E-state index in [0.717, 1.165) is 30.5 Å². The molecule has 186 valence electrons. The van der Waals surface area contributed by atoms with Crippen molar-refractivity contribution >= 4 is 22.6 Å². The molecule has 35 heavy (non-hydrogen) atoms. The Kier molecular flexibility index (Phi) is 6.87. The molecule has 1 aromatic heterocycles. The molecule has 9 heteroatoms. The second-order valence-corrected chi connectivity index (χ2v) is 9.17. The summed E-state index contributed by atoms with van der Waals surface area (Å²) in [4.78, 5) is 21.4. The molecule has 6 nitrogen and oxygen atoms in total. The number of aryl methyl sites for hydroxylation is 1. The van der Waals surface area contributed by atoms with Gasteiger partial charge in [-0.15, -0.1) is 0 Å². The fourth-order valence-corrected chi connectivity index (χ4v) is 4.14. The number of rotatable bonds is 8. The molecular weight excluding hydrogens is 457 g/mol. The Morgan fingerprint density at radius 3 is 2.57 bits per heavy atom. The van der Waals surface area contributed by atoms with Crippen molar-refractivity contribution in [2.45, 2.75) is 64.2 Å². The molecule has 1 aliphatic rings. The van der Waals surface area contributed by atoms with Crippen LogP contribution in [-0.4, -0.2) is 29.0 Å². The van der Waals surface area contributed by atoms with Crippen LogP contribution in [0.15, 0.2) is 36.4 Å². The van der Waals surface area contributed by atoms with Crippen molar-refractivity contribution in [3.63, 3.8) is 0 Å². The van der Waals surface area contributed by atoms with Gasteiger partial charge >= 0.3 is 6.18 Å². The lowest BCUT2D eigenvalue weighted by molar-refractivity contribution is -0.137. The molecule has 0 spiro atoms. The van der Waals surface area contributed by atoms with Crippen molar-refractivity contribution in [3.8, 4) is 5.75 Å². The van der Waals surface area contributed by atoms with Crippen molar-refractivity contribution in [1.29, 1.82) is 0 Å². The van der Waals surface area contributed by atoms with Crippen LogP contribution in [0, 0.1) is 6.92 Å². The van der Waals surface area contributed by atoms with E-state index in [-0.39, 0.29) is 17.9 Å². The monoisotopic (exact) mass is 486 g/mol. The molecule has 0 radical (unpaired) electrons. The SMILES string of the molecule is COc1cc2nc(C)nc(N[C@@H](C)c3cccc(C(F)(F)F)c3)c2cc1C(C)CC(=O)NC1CC1. The first-order valence-electron chi connectivity index (χ1n) is 11.6. The summed E-state index contributed by atoms with van der Waals surface area (Å²) in [5.74, 6) is 1.53. The predicted molar refractivity (Wildman–Crippen MR) is 129 cm³/mol. The van der Waals surface area contributed by atoms with E-state index in [1.807, 2.05) is 19.1 Å². The van der Waals surface area contributed by atoms with Crippen LogP contribution in [0.3, 0.4) is 0 Å². The Labute approximate surface area is 202 Å². The highest BCUT2D eigenvalue weighted by molar-refractivity contribution is 5.91. The highest BCUT2D eigenvalue weighted by Crippen LogP contribution is 2.36. The normalized spacial score (nSPS) is 15.5. The zero-order chi connectivity index (χ0) is 25.3. The number of nitrogens with one attached hydrogen (secondary N) is 2. The number of methoxy groups -OCH3 is 1. The zero-order valence-corrected chi connectivity index (χ0v) is 20.2. The van der Waals surface area contributed by atoms with E-state index >= 15 is 0 Å². The van der Waals surface area contributed by atoms with Gasteiger partial charge in [0.05, 0.1) is 18.2 Å². The number of halogens is 3. The molecule has 2 atom stereocenters. The van der Waals surface area contributed by atoms with Crippen LogP contribution in [0.25, 0.3) is 10.9 Å². The summed E-state index contributed by atoms with van der Waals surface area (Å²) in [6.45, 7) is 5.50. The summed E-state index contributed by atoms with van der Waals surface area (Å²) in [6, 6.07) is 8.82. The van der Waals surface area contributed by atoms with Crippen LogP contribution in [-0.2, 0) is 11.0 Å². The van der Waals surface area contributed by atoms with Crippen LogP contribution < -0.4 is 15.4 Å². The molecule has 1 unspecified atom stereocenters. The number of amides is 1. The summed E-state index contributed by atoms with van der Waals surface area (Å²) in [6.07, 6.45) is -2.06. The molecule has 4 rings (SSSR count). The van der Waals surface area contributed by atoms with Gasteiger partial charge in [0.25, 0.3) is 0 Å². The lowest BCUT2D eigenvalue weighted by Gasteiger charge is -2.20. The van der Waals surface area contributed by atoms with E-state index in [0.29, 0.717) is 40.3 Å². The molecule has 3 aromatic rings. The maximum Gasteiger partial charge on any atom is 0.416 e. The van der Waals surface area contributed by atoms with Gasteiger partial charge in [0.2, 0.25) is 5.91 Å². The zero-order valence-electron chi connectivity index (χ0n) is 20.2. The smallest absolute Gasteiger partial charge is 0.416 e. The summed E-state index contributed by atoms with van der Waals surface area (Å²) in [5, 5.41) is 6.98. The number of hydrogen-bond donors (Lipinski definition) is 2. The molecule has 1 heterocycles. The fourth-order valence-electron chi connectivity index (χ4n) is 4.14. The van der Waals surface area contributed by atoms with Gasteiger partial charge < -0.3 is 15.4 Å². The van der Waals surface area contributed by atoms with E-state index in [9.17, 15) is 18.0 Å². The second kappa shape index (κ2) is 9.71. The van der Waals surface area contributed by atoms with E-state index in [2.05, 4.69) is 20.6 Å². The molecular formula is C26H29F3N4O2. The summed E-state index contributed by atoms with van der Waals surface area (Å²) < 4.78 is 45.2. The Morgan fingerprint density at radius 1 is 1.17 bits per heavy atom. The molecule has 1 saturated carbocycles. The molecule has 2 aromatic carbocycles. The molecule has 0 saturated heterocycles. The molecule has 1 fully saturated rings. The minimum atomic E-state index is -4.42. The van der Waals surface area contributed by atoms with Crippen LogP contribution in [0.5, 0.6) is 5.75 Å². The third-order valence-corrected chi connectivity index (χ3v) is 6.19. The Bertz CT molecular complexity index is 1240. The third kappa shape index (κ3) is 5.83. The molecule has 1 aliphatic carbocycles. The summed E-state index contributed by atoms with van der Waals surface area (Å²) in [7, 11) is 1.57. The standard InChI is InChI=1S/C26H29F3N4O2/c1-14(10-24(34)33-19-8-9-19)20-12-21-22(13-23(20)35-4)31-16(3)32-25(21)30-15(2)17-6-5-7-18(11-17)26(27,28)29/h5-7,11-15,19H,8-10H2,1-4H3,(H,33,34)(H,30,31,32)/t14?,15-/m0/s1. The maximum absolute atomic E-state index is 13.2. The van der Waals surface area contributed by atoms with Gasteiger partial charge in [0, 0.05) is 30.0 Å². The largest absolute Gasteiger partial charge is 0.496 e. The fraction of sp³-hybridized carbons (Fsp3) is 0.423. The van der Waals surface area contributed by atoms with Gasteiger partial charge in [-0.3, -0.25) is 4.79 Å². The summed E-state index contributed by atoms with van der Waals surface area (Å²) in [5.41, 5.74) is 1.28. The lowest BCUT2D eigenvalue weighted by atomic mass is 9.94. The average molecular weight is 487 g/mol. The number of ether oxygens (including phenoxy) is 1. The molecule has 0 bridgehead atoms. The maximum atomic E-state index is 13.2. The van der Waals surface area contributed by atoms with Crippen molar-refractivity contribution in [3.05, 3.63) is 58.9 Å². The van der Waals surface area contributed by atoms with E-state index in [4.69, 9.17) is 4.74 Å². The van der Waals surface area contributed by atoms with Gasteiger partial charge in [-0.2, -0.15) is 13.2 Å². The minimum Gasteiger partial charge on any atom is -0.496 e. The van der Waals surface area contributed by atoms with Gasteiger partial charge in [0.15, 0.2) is 0 Å². The number of fused-ring (bicyclic) bond motifs is 1. The Balaban J connectivity index is 1.67. The molecule has 2 N–H and O–H groups in total. The highest BCUT2D eigenvalue weighted by Gasteiger charge is 2.31. The number of carbonyl (C=O) groups excluding carboxylic acids is 1. The first kappa shape index (κ1) is 24.8. The summed E-state index contributed by atoms with van der Waals surface area (Å²) >= 11 is 0. The number of hydrogen-bond acceptors (Lipinski definition) is 5. The number of aromatic nitrogens is 2. The van der Waals surface area contributed by atoms with Gasteiger partial charge in [-0.05, 0) is 61.9 Å². The van der Waals surface area contributed by atoms with Gasteiger partial charge in [-0.1, -0.05) is 19.1 Å². The van der Waals surface area contributed by atoms with Gasteiger partial charge in [-0.25, -0.2) is 9.97 Å². The van der Waals surface area contributed by atoms with Crippen molar-refractivity contribution in [1.82, 2.24) is 15.3 Å². The van der Waals surface area contributed by atoms with Gasteiger partial charge in [0.1, 0.15) is 17.4 Å². The molecule has 0 aliphatic heterocycles. The lowest BCUT2D eigenvalue weighted by Crippen LogP contribution is -2.26. The first-order chi connectivity index (χ1) is 16.5. The van der Waals surface area contributed by atoms with Crippen molar-refractivity contribution in [2.24, 2.45) is 0 Å². The third-order valence-electron chi connectivity index (χ3n) is 6.19. The number of nitrogens with zero attached hydrogens (tertiary/aromatic N) is 2. The predicted octanol–water partition coefficient (Wildman–Crippen LogP) is 5.91. The number of alkyl halides is 3. The highest BCUT2D eigenvalue weighted by atomic mass is 19.4. The van der Waals surface area contributed by atoms with Crippen molar-refractivity contribution < 1.29 is 22.7 Å². The van der Waals surface area contributed by atoms with E-state index in [1.54, 1.807) is 27.0 Å². The van der Waals surface area contributed by atoms with E-state index in [1.165, 1.54) is 6.07 Å². The van der Waals surface area contributed by atoms with Crippen LogP contribution >= 0.6 is 0 Å². The number of carbonyl (C=O) groups is 1. The molecule has 1 amide bonds. The quantitative estimate of drug-likeness (QED) is 0.414. The van der Waals surface area contributed by atoms with Crippen LogP contribution in [0.1, 0.15) is 67.6 Å². The number of anilines is 1. The van der Waals surface area contributed by atoms with Crippen LogP contribution in [0.4, 0.5) is 19.0 Å². The Morgan fingerprint density at radius 2 is 1.91 bits per heavy atom. The van der Waals surface area contributed by atoms with Crippen molar-refractivity contribution in [2.75, 3.05) is 12.4 Å². The number of benzene rings is 2. The topological polar surface area (TPSA) is 76.1 Å². The average Bonchev–Trinajstić information content (AvgIpc) is 3.61. The second-order valence-electron chi connectivity index (χ2n) is 9.17. The minimum absolute atomic E-state index is 0.00109. The first-order valence-corrected chi connectivity index (χ1v) is 11.6. The van der Waals surface area contributed by atoms with Crippen LogP contribution in [0.2, 0.25) is 0 Å². The Hall–Kier alpha value is -3.36.